The van der Waals surface area contributed by atoms with Crippen LogP contribution < -0.4 is 9.64 Å². The highest BCUT2D eigenvalue weighted by Crippen LogP contribution is 2.34. The van der Waals surface area contributed by atoms with Crippen molar-refractivity contribution in [1.82, 2.24) is 0 Å². The number of carboxylic acid groups (broad SMARTS) is 1. The third-order valence-corrected chi connectivity index (χ3v) is 5.13. The number of aliphatic carboxylic acids is 1. The standard InChI is InChI=1S/C24H20FNO4/c1-15-8-9-18(12-21(15)25)26-13-20-19(24(26)29)6-3-7-22(20)30-14-17-5-2-4-16(10-17)11-23(27)28/h2-10,12H,11,13-14H2,1H3,(H,27,28). The van der Waals surface area contributed by atoms with Crippen LogP contribution in [0.4, 0.5) is 10.1 Å². The predicted molar refractivity (Wildman–Crippen MR) is 110 cm³/mol. The minimum atomic E-state index is -0.889. The van der Waals surface area contributed by atoms with Crippen LogP contribution in [0.15, 0.2) is 60.7 Å². The minimum absolute atomic E-state index is 0.0504. The Kier molecular flexibility index (Phi) is 5.23. The molecule has 3 aromatic carbocycles. The lowest BCUT2D eigenvalue weighted by molar-refractivity contribution is -0.136. The molecule has 0 unspecified atom stereocenters. The first-order valence-electron chi connectivity index (χ1n) is 9.54. The third kappa shape index (κ3) is 3.89. The highest BCUT2D eigenvalue weighted by atomic mass is 19.1. The second kappa shape index (κ2) is 7.99. The Bertz CT molecular complexity index is 1140. The molecule has 6 heteroatoms. The molecule has 1 amide bonds. The van der Waals surface area contributed by atoms with Crippen LogP contribution in [-0.4, -0.2) is 17.0 Å². The SMILES string of the molecule is Cc1ccc(N2Cc3c(OCc4cccc(CC(=O)O)c4)cccc3C2=O)cc1F. The molecule has 4 rings (SSSR count). The summed E-state index contributed by atoms with van der Waals surface area (Å²) in [6, 6.07) is 17.3. The van der Waals surface area contributed by atoms with Gasteiger partial charge in [0.25, 0.3) is 5.91 Å². The van der Waals surface area contributed by atoms with E-state index in [9.17, 15) is 14.0 Å². The van der Waals surface area contributed by atoms with Gasteiger partial charge in [-0.2, -0.15) is 0 Å². The third-order valence-electron chi connectivity index (χ3n) is 5.13. The minimum Gasteiger partial charge on any atom is -0.489 e. The summed E-state index contributed by atoms with van der Waals surface area (Å²) in [6.07, 6.45) is -0.0504. The number of benzene rings is 3. The van der Waals surface area contributed by atoms with Crippen molar-refractivity contribution in [2.45, 2.75) is 26.5 Å². The number of fused-ring (bicyclic) bond motifs is 1. The largest absolute Gasteiger partial charge is 0.489 e. The number of halogens is 1. The zero-order valence-electron chi connectivity index (χ0n) is 16.4. The number of nitrogens with zero attached hydrogens (tertiary/aromatic N) is 1. The molecule has 1 heterocycles. The maximum absolute atomic E-state index is 14.0. The van der Waals surface area contributed by atoms with E-state index < -0.39 is 5.97 Å². The molecule has 5 nitrogen and oxygen atoms in total. The van der Waals surface area contributed by atoms with E-state index in [0.717, 1.165) is 11.1 Å². The maximum Gasteiger partial charge on any atom is 0.307 e. The monoisotopic (exact) mass is 405 g/mol. The van der Waals surface area contributed by atoms with Crippen molar-refractivity contribution in [3.8, 4) is 5.75 Å². The number of carbonyl (C=O) groups is 2. The lowest BCUT2D eigenvalue weighted by atomic mass is 10.1. The van der Waals surface area contributed by atoms with E-state index in [1.54, 1.807) is 55.5 Å². The van der Waals surface area contributed by atoms with Crippen molar-refractivity contribution in [2.24, 2.45) is 0 Å². The van der Waals surface area contributed by atoms with Gasteiger partial charge in [0.2, 0.25) is 0 Å². The van der Waals surface area contributed by atoms with Gasteiger partial charge in [0.1, 0.15) is 18.2 Å². The van der Waals surface area contributed by atoms with E-state index in [2.05, 4.69) is 0 Å². The summed E-state index contributed by atoms with van der Waals surface area (Å²) < 4.78 is 20.0. The average molecular weight is 405 g/mol. The second-order valence-electron chi connectivity index (χ2n) is 7.29. The molecule has 0 bridgehead atoms. The van der Waals surface area contributed by atoms with Crippen LogP contribution in [0.25, 0.3) is 0 Å². The molecule has 1 aliphatic heterocycles. The van der Waals surface area contributed by atoms with Gasteiger partial charge in [-0.1, -0.05) is 36.4 Å². The average Bonchev–Trinajstić information content (AvgIpc) is 3.06. The Balaban J connectivity index is 1.54. The molecule has 0 radical (unpaired) electrons. The molecule has 30 heavy (non-hydrogen) atoms. The molecule has 0 saturated carbocycles. The summed E-state index contributed by atoms with van der Waals surface area (Å²) in [4.78, 5) is 25.3. The predicted octanol–water partition coefficient (Wildman–Crippen LogP) is 4.50. The molecule has 0 atom stereocenters. The first-order chi connectivity index (χ1) is 14.4. The van der Waals surface area contributed by atoms with Crippen LogP contribution in [0.1, 0.15) is 32.6 Å². The number of anilines is 1. The fourth-order valence-electron chi connectivity index (χ4n) is 3.56. The summed E-state index contributed by atoms with van der Waals surface area (Å²) in [5, 5.41) is 8.96. The fourth-order valence-corrected chi connectivity index (χ4v) is 3.56. The van der Waals surface area contributed by atoms with Crippen molar-refractivity contribution in [2.75, 3.05) is 4.90 Å². The first-order valence-corrected chi connectivity index (χ1v) is 9.54. The quantitative estimate of drug-likeness (QED) is 0.656. The molecule has 1 N–H and O–H groups in total. The van der Waals surface area contributed by atoms with E-state index in [0.29, 0.717) is 34.7 Å². The summed E-state index contributed by atoms with van der Waals surface area (Å²) in [7, 11) is 0. The van der Waals surface area contributed by atoms with Gasteiger partial charge >= 0.3 is 5.97 Å². The summed E-state index contributed by atoms with van der Waals surface area (Å²) in [5.41, 5.74) is 3.86. The normalized spacial score (nSPS) is 12.7. The van der Waals surface area contributed by atoms with Crippen LogP contribution in [0, 0.1) is 12.7 Å². The zero-order chi connectivity index (χ0) is 21.3. The topological polar surface area (TPSA) is 66.8 Å². The number of aryl methyl sites for hydroxylation is 1. The molecule has 1 aliphatic rings. The molecule has 0 saturated heterocycles. The molecule has 0 aliphatic carbocycles. The highest BCUT2D eigenvalue weighted by Gasteiger charge is 2.31. The van der Waals surface area contributed by atoms with E-state index in [-0.39, 0.29) is 24.8 Å². The number of hydrogen-bond donors (Lipinski definition) is 1. The Hall–Kier alpha value is -3.67. The van der Waals surface area contributed by atoms with E-state index in [4.69, 9.17) is 9.84 Å². The number of amides is 1. The van der Waals surface area contributed by atoms with Gasteiger partial charge in [-0.25, -0.2) is 4.39 Å². The fraction of sp³-hybridized carbons (Fsp3) is 0.167. The summed E-state index contributed by atoms with van der Waals surface area (Å²) in [6.45, 7) is 2.22. The molecule has 0 spiro atoms. The Morgan fingerprint density at radius 1 is 1.10 bits per heavy atom. The molecule has 0 aromatic heterocycles. The van der Waals surface area contributed by atoms with Gasteiger partial charge in [0.05, 0.1) is 13.0 Å². The van der Waals surface area contributed by atoms with Crippen molar-refractivity contribution < 1.29 is 23.8 Å². The maximum atomic E-state index is 14.0. The lowest BCUT2D eigenvalue weighted by Crippen LogP contribution is -2.23. The zero-order valence-corrected chi connectivity index (χ0v) is 16.4. The van der Waals surface area contributed by atoms with Crippen LogP contribution >= 0.6 is 0 Å². The summed E-state index contributed by atoms with van der Waals surface area (Å²) >= 11 is 0. The molecule has 3 aromatic rings. The van der Waals surface area contributed by atoms with Crippen LogP contribution in [-0.2, 0) is 24.4 Å². The molecular formula is C24H20FNO4. The van der Waals surface area contributed by atoms with Crippen LogP contribution in [0.5, 0.6) is 5.75 Å². The molecule has 0 fully saturated rings. The van der Waals surface area contributed by atoms with Crippen molar-refractivity contribution in [1.29, 1.82) is 0 Å². The van der Waals surface area contributed by atoms with E-state index >= 15 is 0 Å². The number of rotatable bonds is 6. The van der Waals surface area contributed by atoms with Crippen molar-refractivity contribution >= 4 is 17.6 Å². The summed E-state index contributed by atoms with van der Waals surface area (Å²) in [5.74, 6) is -0.851. The Morgan fingerprint density at radius 2 is 1.87 bits per heavy atom. The van der Waals surface area contributed by atoms with Crippen LogP contribution in [0.2, 0.25) is 0 Å². The van der Waals surface area contributed by atoms with Gasteiger partial charge in [-0.15, -0.1) is 0 Å². The highest BCUT2D eigenvalue weighted by molar-refractivity contribution is 6.10. The van der Waals surface area contributed by atoms with Gasteiger partial charge in [-0.05, 0) is 47.9 Å². The smallest absolute Gasteiger partial charge is 0.307 e. The van der Waals surface area contributed by atoms with E-state index in [1.807, 2.05) is 6.07 Å². The molecular weight excluding hydrogens is 385 g/mol. The second-order valence-corrected chi connectivity index (χ2v) is 7.29. The number of carboxylic acids is 1. The Morgan fingerprint density at radius 3 is 2.63 bits per heavy atom. The van der Waals surface area contributed by atoms with Gasteiger partial charge in [-0.3, -0.25) is 9.59 Å². The van der Waals surface area contributed by atoms with Gasteiger partial charge in [0, 0.05) is 16.8 Å². The number of ether oxygens (including phenoxy) is 1. The van der Waals surface area contributed by atoms with Gasteiger partial charge < -0.3 is 14.7 Å². The van der Waals surface area contributed by atoms with Gasteiger partial charge in [0.15, 0.2) is 0 Å². The number of hydrogen-bond acceptors (Lipinski definition) is 3. The first kappa shape index (κ1) is 19.6. The molecule has 152 valence electrons. The lowest BCUT2D eigenvalue weighted by Gasteiger charge is -2.16. The number of carbonyl (C=O) groups excluding carboxylic acids is 1. The van der Waals surface area contributed by atoms with E-state index in [1.165, 1.54) is 11.0 Å². The van der Waals surface area contributed by atoms with Crippen molar-refractivity contribution in [3.05, 3.63) is 94.3 Å². The van der Waals surface area contributed by atoms with Crippen molar-refractivity contribution in [3.63, 3.8) is 0 Å². The Labute approximate surface area is 173 Å². The van der Waals surface area contributed by atoms with Crippen LogP contribution in [0.3, 0.4) is 0 Å².